The molecule has 0 saturated heterocycles. The number of fused-ring (bicyclic) bond motifs is 1. The second-order valence-corrected chi connectivity index (χ2v) is 6.88. The number of unbranched alkanes of at least 4 members (excludes halogenated alkanes) is 1. The molecule has 1 unspecified atom stereocenters. The Morgan fingerprint density at radius 2 is 2.15 bits per heavy atom. The summed E-state index contributed by atoms with van der Waals surface area (Å²) >= 11 is 0. The van der Waals surface area contributed by atoms with Crippen LogP contribution in [0.1, 0.15) is 49.8 Å². The lowest BCUT2D eigenvalue weighted by Crippen LogP contribution is -2.43. The lowest BCUT2D eigenvalue weighted by molar-refractivity contribution is -0.137. The van der Waals surface area contributed by atoms with E-state index in [1.54, 1.807) is 0 Å². The maximum absolute atomic E-state index is 12.5. The molecular formula is C19H31FN4O2. The minimum Gasteiger partial charge on any atom is -0.481 e. The number of halogens is 1. The van der Waals surface area contributed by atoms with Gasteiger partial charge in [-0.2, -0.15) is 0 Å². The van der Waals surface area contributed by atoms with E-state index in [0.29, 0.717) is 19.4 Å². The smallest absolute Gasteiger partial charge is 0.303 e. The number of pyridine rings is 1. The van der Waals surface area contributed by atoms with Gasteiger partial charge in [-0.15, -0.1) is 0 Å². The number of hydrogen-bond acceptors (Lipinski definition) is 5. The van der Waals surface area contributed by atoms with Crippen molar-refractivity contribution < 1.29 is 14.3 Å². The van der Waals surface area contributed by atoms with Crippen LogP contribution in [0.2, 0.25) is 0 Å². The van der Waals surface area contributed by atoms with Crippen LogP contribution in [0.5, 0.6) is 0 Å². The van der Waals surface area contributed by atoms with Crippen LogP contribution in [0.15, 0.2) is 12.1 Å². The van der Waals surface area contributed by atoms with Gasteiger partial charge in [0.05, 0.1) is 12.8 Å². The summed E-state index contributed by atoms with van der Waals surface area (Å²) in [4.78, 5) is 17.4. The summed E-state index contributed by atoms with van der Waals surface area (Å²) in [5, 5.41) is 12.2. The molecule has 4 N–H and O–H groups in total. The fourth-order valence-electron chi connectivity index (χ4n) is 3.29. The Labute approximate surface area is 155 Å². The van der Waals surface area contributed by atoms with E-state index in [2.05, 4.69) is 17.4 Å². The SMILES string of the molecule is NC(CCC(=O)O)N(CCCF)CCCCc1ccc2c(n1)NCCC2. The first-order chi connectivity index (χ1) is 12.6. The van der Waals surface area contributed by atoms with E-state index in [1.807, 2.05) is 4.90 Å². The van der Waals surface area contributed by atoms with E-state index in [4.69, 9.17) is 15.8 Å². The quantitative estimate of drug-likeness (QED) is 0.389. The molecule has 1 atom stereocenters. The molecule has 0 saturated carbocycles. The van der Waals surface area contributed by atoms with Crippen molar-refractivity contribution in [2.75, 3.05) is 31.6 Å². The topological polar surface area (TPSA) is 91.5 Å². The summed E-state index contributed by atoms with van der Waals surface area (Å²) in [6, 6.07) is 4.27. The van der Waals surface area contributed by atoms with Gasteiger partial charge in [-0.25, -0.2) is 4.98 Å². The minimum absolute atomic E-state index is 0.0410. The van der Waals surface area contributed by atoms with E-state index in [-0.39, 0.29) is 19.3 Å². The zero-order chi connectivity index (χ0) is 18.8. The Morgan fingerprint density at radius 3 is 2.92 bits per heavy atom. The Kier molecular flexibility index (Phi) is 8.77. The van der Waals surface area contributed by atoms with Gasteiger partial charge in [0.1, 0.15) is 5.82 Å². The van der Waals surface area contributed by atoms with Gasteiger partial charge < -0.3 is 16.2 Å². The van der Waals surface area contributed by atoms with Crippen molar-refractivity contribution in [3.63, 3.8) is 0 Å². The van der Waals surface area contributed by atoms with Gasteiger partial charge in [0, 0.05) is 25.2 Å². The van der Waals surface area contributed by atoms with Crippen molar-refractivity contribution in [3.05, 3.63) is 23.4 Å². The van der Waals surface area contributed by atoms with Crippen LogP contribution in [-0.4, -0.2) is 53.4 Å². The molecule has 0 fully saturated rings. The van der Waals surface area contributed by atoms with E-state index < -0.39 is 5.97 Å². The number of carbonyl (C=O) groups is 1. The zero-order valence-electron chi connectivity index (χ0n) is 15.4. The number of nitrogens with zero attached hydrogens (tertiary/aromatic N) is 2. The third-order valence-electron chi connectivity index (χ3n) is 4.78. The zero-order valence-corrected chi connectivity index (χ0v) is 15.4. The van der Waals surface area contributed by atoms with Crippen molar-refractivity contribution in [3.8, 4) is 0 Å². The molecule has 0 aromatic carbocycles. The molecule has 1 aliphatic heterocycles. The average molecular weight is 366 g/mol. The summed E-state index contributed by atoms with van der Waals surface area (Å²) in [6.07, 6.45) is 5.58. The van der Waals surface area contributed by atoms with E-state index in [1.165, 1.54) is 5.56 Å². The fraction of sp³-hybridized carbons (Fsp3) is 0.684. The van der Waals surface area contributed by atoms with E-state index in [0.717, 1.165) is 56.7 Å². The predicted octanol–water partition coefficient (Wildman–Crippen LogP) is 2.57. The van der Waals surface area contributed by atoms with Crippen molar-refractivity contribution in [1.82, 2.24) is 9.88 Å². The van der Waals surface area contributed by atoms with Gasteiger partial charge in [-0.1, -0.05) is 6.07 Å². The van der Waals surface area contributed by atoms with Gasteiger partial charge in [0.25, 0.3) is 0 Å². The highest BCUT2D eigenvalue weighted by atomic mass is 19.1. The van der Waals surface area contributed by atoms with Crippen LogP contribution >= 0.6 is 0 Å². The summed E-state index contributed by atoms with van der Waals surface area (Å²) in [6.45, 7) is 1.93. The highest BCUT2D eigenvalue weighted by molar-refractivity contribution is 5.66. The van der Waals surface area contributed by atoms with Crippen LogP contribution < -0.4 is 11.1 Å². The fourth-order valence-corrected chi connectivity index (χ4v) is 3.29. The molecule has 1 aromatic heterocycles. The highest BCUT2D eigenvalue weighted by Crippen LogP contribution is 2.20. The summed E-state index contributed by atoms with van der Waals surface area (Å²) in [5.74, 6) is 0.173. The predicted molar refractivity (Wildman–Crippen MR) is 101 cm³/mol. The molecule has 0 bridgehead atoms. The second-order valence-electron chi connectivity index (χ2n) is 6.88. The van der Waals surface area contributed by atoms with E-state index >= 15 is 0 Å². The molecule has 6 nitrogen and oxygen atoms in total. The molecule has 0 aliphatic carbocycles. The normalized spacial score (nSPS) is 14.7. The summed E-state index contributed by atoms with van der Waals surface area (Å²) in [7, 11) is 0. The summed E-state index contributed by atoms with van der Waals surface area (Å²) < 4.78 is 12.5. The molecule has 2 heterocycles. The Bertz CT molecular complexity index is 570. The Morgan fingerprint density at radius 1 is 1.35 bits per heavy atom. The van der Waals surface area contributed by atoms with Crippen molar-refractivity contribution >= 4 is 11.8 Å². The number of alkyl halides is 1. The van der Waals surface area contributed by atoms with Gasteiger partial charge in [-0.3, -0.25) is 14.1 Å². The largest absolute Gasteiger partial charge is 0.481 e. The third-order valence-corrected chi connectivity index (χ3v) is 4.78. The molecule has 1 aromatic rings. The van der Waals surface area contributed by atoms with Crippen molar-refractivity contribution in [2.24, 2.45) is 5.73 Å². The molecule has 26 heavy (non-hydrogen) atoms. The molecule has 146 valence electrons. The number of nitrogens with one attached hydrogen (secondary N) is 1. The van der Waals surface area contributed by atoms with Gasteiger partial charge in [0.2, 0.25) is 0 Å². The number of anilines is 1. The molecule has 1 aliphatic rings. The molecule has 2 rings (SSSR count). The van der Waals surface area contributed by atoms with E-state index in [9.17, 15) is 9.18 Å². The molecule has 0 radical (unpaired) electrons. The third kappa shape index (κ3) is 6.88. The summed E-state index contributed by atoms with van der Waals surface area (Å²) in [5.41, 5.74) is 8.48. The maximum Gasteiger partial charge on any atom is 0.303 e. The number of rotatable bonds is 12. The molecule has 0 spiro atoms. The number of aromatic nitrogens is 1. The average Bonchev–Trinajstić information content (AvgIpc) is 2.65. The van der Waals surface area contributed by atoms with Crippen LogP contribution in [0.25, 0.3) is 0 Å². The first kappa shape index (κ1) is 20.6. The number of hydrogen-bond donors (Lipinski definition) is 3. The Balaban J connectivity index is 1.76. The second kappa shape index (κ2) is 11.1. The number of carboxylic acid groups (broad SMARTS) is 1. The monoisotopic (exact) mass is 366 g/mol. The lowest BCUT2D eigenvalue weighted by atomic mass is 10.1. The lowest BCUT2D eigenvalue weighted by Gasteiger charge is -2.28. The number of carboxylic acids is 1. The van der Waals surface area contributed by atoms with Gasteiger partial charge >= 0.3 is 5.97 Å². The maximum atomic E-state index is 12.5. The van der Waals surface area contributed by atoms with Gasteiger partial charge in [0.15, 0.2) is 0 Å². The van der Waals surface area contributed by atoms with Crippen molar-refractivity contribution in [1.29, 1.82) is 0 Å². The van der Waals surface area contributed by atoms with Crippen LogP contribution in [0.4, 0.5) is 10.2 Å². The molecule has 0 amide bonds. The molecule has 7 heteroatoms. The Hall–Kier alpha value is -1.73. The standard InChI is InChI=1S/C19H31FN4O2/c20-11-4-14-24(17(21)9-10-18(25)26)13-2-1-6-16-8-7-15-5-3-12-22-19(15)23-16/h7-8,17H,1-6,9-14,21H2,(H,22,23)(H,25,26). The number of aryl methyl sites for hydroxylation is 2. The molecular weight excluding hydrogens is 335 g/mol. The number of nitrogens with two attached hydrogens (primary N) is 1. The van der Waals surface area contributed by atoms with Crippen molar-refractivity contribution in [2.45, 2.75) is 57.5 Å². The first-order valence-corrected chi connectivity index (χ1v) is 9.60. The number of aliphatic carboxylic acids is 1. The minimum atomic E-state index is -0.849. The van der Waals surface area contributed by atoms with Crippen LogP contribution in [0, 0.1) is 0 Å². The van der Waals surface area contributed by atoms with Gasteiger partial charge in [-0.05, 0) is 63.1 Å². The first-order valence-electron chi connectivity index (χ1n) is 9.60. The van der Waals surface area contributed by atoms with Crippen LogP contribution in [0.3, 0.4) is 0 Å². The highest BCUT2D eigenvalue weighted by Gasteiger charge is 2.15. The van der Waals surface area contributed by atoms with Crippen LogP contribution in [-0.2, 0) is 17.6 Å².